The Balaban J connectivity index is 1.70. The van der Waals surface area contributed by atoms with Crippen LogP contribution in [0.25, 0.3) is 10.8 Å². The van der Waals surface area contributed by atoms with Crippen molar-refractivity contribution in [3.8, 4) is 0 Å². The monoisotopic (exact) mass is 326 g/mol. The van der Waals surface area contributed by atoms with Crippen LogP contribution in [0.2, 0.25) is 5.02 Å². The van der Waals surface area contributed by atoms with Crippen LogP contribution in [-0.4, -0.2) is 5.11 Å². The third kappa shape index (κ3) is 3.38. The van der Waals surface area contributed by atoms with Crippen molar-refractivity contribution in [1.29, 1.82) is 0 Å². The number of hydrogen-bond acceptors (Lipinski definition) is 1. The normalized spacial score (nSPS) is 10.4. The summed E-state index contributed by atoms with van der Waals surface area (Å²) in [5.74, 6) is 0. The maximum absolute atomic E-state index is 6.14. The first-order valence-electron chi connectivity index (χ1n) is 7.00. The van der Waals surface area contributed by atoms with Gasteiger partial charge in [-0.05, 0) is 35.3 Å². The van der Waals surface area contributed by atoms with Gasteiger partial charge in [-0.2, -0.15) is 0 Å². The van der Waals surface area contributed by atoms with Crippen molar-refractivity contribution >= 4 is 45.4 Å². The molecule has 3 aromatic rings. The van der Waals surface area contributed by atoms with Crippen LogP contribution < -0.4 is 10.6 Å². The van der Waals surface area contributed by atoms with E-state index in [1.54, 1.807) is 0 Å². The van der Waals surface area contributed by atoms with Gasteiger partial charge >= 0.3 is 0 Å². The molecule has 0 spiro atoms. The summed E-state index contributed by atoms with van der Waals surface area (Å²) in [5, 5.41) is 10.1. The van der Waals surface area contributed by atoms with Crippen molar-refractivity contribution < 1.29 is 0 Å². The van der Waals surface area contributed by atoms with E-state index < -0.39 is 0 Å². The quantitative estimate of drug-likeness (QED) is 0.664. The van der Waals surface area contributed by atoms with Gasteiger partial charge in [-0.15, -0.1) is 0 Å². The first kappa shape index (κ1) is 14.8. The van der Waals surface area contributed by atoms with E-state index in [4.69, 9.17) is 23.8 Å². The molecule has 0 aliphatic heterocycles. The number of fused-ring (bicyclic) bond motifs is 1. The molecule has 2 nitrogen and oxygen atoms in total. The Morgan fingerprint density at radius 2 is 1.64 bits per heavy atom. The molecule has 3 aromatic carbocycles. The Hall–Kier alpha value is -2.10. The fourth-order valence-electron chi connectivity index (χ4n) is 2.32. The molecule has 110 valence electrons. The van der Waals surface area contributed by atoms with Crippen LogP contribution in [0.4, 0.5) is 5.69 Å². The Bertz CT molecular complexity index is 812. The topological polar surface area (TPSA) is 24.1 Å². The number of halogens is 1. The molecule has 0 aliphatic carbocycles. The molecule has 3 rings (SSSR count). The lowest BCUT2D eigenvalue weighted by Gasteiger charge is -2.13. The van der Waals surface area contributed by atoms with Gasteiger partial charge in [-0.3, -0.25) is 0 Å². The number of hydrogen-bond donors (Lipinski definition) is 2. The molecule has 0 amide bonds. The zero-order chi connectivity index (χ0) is 15.4. The molecule has 0 unspecified atom stereocenters. The summed E-state index contributed by atoms with van der Waals surface area (Å²) in [6.45, 7) is 0.594. The fraction of sp³-hybridized carbons (Fsp3) is 0.0556. The van der Waals surface area contributed by atoms with Gasteiger partial charge in [0.15, 0.2) is 5.11 Å². The van der Waals surface area contributed by atoms with Crippen molar-refractivity contribution in [3.05, 3.63) is 77.3 Å². The highest BCUT2D eigenvalue weighted by Crippen LogP contribution is 2.22. The van der Waals surface area contributed by atoms with Gasteiger partial charge in [-0.25, -0.2) is 0 Å². The van der Waals surface area contributed by atoms with Crippen LogP contribution in [0.3, 0.4) is 0 Å². The molecule has 4 heteroatoms. The van der Waals surface area contributed by atoms with Crippen LogP contribution >= 0.6 is 23.8 Å². The van der Waals surface area contributed by atoms with Gasteiger partial charge in [-0.1, -0.05) is 66.2 Å². The van der Waals surface area contributed by atoms with E-state index in [1.165, 1.54) is 5.39 Å². The fourth-order valence-corrected chi connectivity index (χ4v) is 2.70. The molecule has 0 bridgehead atoms. The average Bonchev–Trinajstić information content (AvgIpc) is 2.54. The van der Waals surface area contributed by atoms with E-state index >= 15 is 0 Å². The van der Waals surface area contributed by atoms with E-state index in [-0.39, 0.29) is 0 Å². The zero-order valence-electron chi connectivity index (χ0n) is 11.8. The summed E-state index contributed by atoms with van der Waals surface area (Å²) in [4.78, 5) is 0. The first-order chi connectivity index (χ1) is 10.7. The highest BCUT2D eigenvalue weighted by atomic mass is 35.5. The minimum absolute atomic E-state index is 0.580. The van der Waals surface area contributed by atoms with Crippen molar-refractivity contribution in [3.63, 3.8) is 0 Å². The lowest BCUT2D eigenvalue weighted by molar-refractivity contribution is 0.926. The molecule has 0 saturated heterocycles. The molecular weight excluding hydrogens is 312 g/mol. The number of rotatable bonds is 3. The number of thiocarbonyl (C=S) groups is 1. The molecule has 0 radical (unpaired) electrons. The largest absolute Gasteiger partial charge is 0.358 e. The molecular formula is C18H15ClN2S. The van der Waals surface area contributed by atoms with Gasteiger partial charge in [0.25, 0.3) is 0 Å². The Kier molecular flexibility index (Phi) is 4.56. The lowest BCUT2D eigenvalue weighted by atomic mass is 10.1. The van der Waals surface area contributed by atoms with Crippen molar-refractivity contribution in [2.24, 2.45) is 0 Å². The SMILES string of the molecule is S=C(NCc1ccccc1Cl)Nc1cccc2ccccc12. The van der Waals surface area contributed by atoms with Crippen LogP contribution in [-0.2, 0) is 6.54 Å². The van der Waals surface area contributed by atoms with Crippen LogP contribution in [0, 0.1) is 0 Å². The molecule has 0 heterocycles. The molecule has 2 N–H and O–H groups in total. The number of nitrogens with one attached hydrogen (secondary N) is 2. The molecule has 0 saturated carbocycles. The van der Waals surface area contributed by atoms with Gasteiger partial charge in [0, 0.05) is 22.6 Å². The second-order valence-corrected chi connectivity index (χ2v) is 5.74. The molecule has 0 aliphatic rings. The summed E-state index contributed by atoms with van der Waals surface area (Å²) in [7, 11) is 0. The maximum Gasteiger partial charge on any atom is 0.171 e. The first-order valence-corrected chi connectivity index (χ1v) is 7.79. The van der Waals surface area contributed by atoms with Crippen LogP contribution in [0.1, 0.15) is 5.56 Å². The third-order valence-electron chi connectivity index (χ3n) is 3.44. The predicted molar refractivity (Wildman–Crippen MR) is 98.5 cm³/mol. The van der Waals surface area contributed by atoms with E-state index in [9.17, 15) is 0 Å². The summed E-state index contributed by atoms with van der Waals surface area (Å²) in [5.41, 5.74) is 2.01. The summed E-state index contributed by atoms with van der Waals surface area (Å²) >= 11 is 11.5. The predicted octanol–water partition coefficient (Wildman–Crippen LogP) is 4.98. The smallest absolute Gasteiger partial charge is 0.171 e. The standard InChI is InChI=1S/C18H15ClN2S/c19-16-10-4-2-7-14(16)12-20-18(22)21-17-11-5-8-13-6-1-3-9-15(13)17/h1-11H,12H2,(H2,20,21,22). The van der Waals surface area contributed by atoms with Crippen molar-refractivity contribution in [2.75, 3.05) is 5.32 Å². The maximum atomic E-state index is 6.14. The van der Waals surface area contributed by atoms with E-state index in [2.05, 4.69) is 28.8 Å². The van der Waals surface area contributed by atoms with E-state index in [0.29, 0.717) is 11.7 Å². The molecule has 0 fully saturated rings. The van der Waals surface area contributed by atoms with E-state index in [0.717, 1.165) is 21.7 Å². The second kappa shape index (κ2) is 6.77. The minimum atomic E-state index is 0.580. The molecule has 0 atom stereocenters. The summed E-state index contributed by atoms with van der Waals surface area (Å²) in [6.07, 6.45) is 0. The Morgan fingerprint density at radius 3 is 2.50 bits per heavy atom. The van der Waals surface area contributed by atoms with Crippen molar-refractivity contribution in [1.82, 2.24) is 5.32 Å². The van der Waals surface area contributed by atoms with Crippen LogP contribution in [0.15, 0.2) is 66.7 Å². The number of benzene rings is 3. The summed E-state index contributed by atoms with van der Waals surface area (Å²) < 4.78 is 0. The lowest BCUT2D eigenvalue weighted by Crippen LogP contribution is -2.28. The van der Waals surface area contributed by atoms with Gasteiger partial charge in [0.2, 0.25) is 0 Å². The van der Waals surface area contributed by atoms with E-state index in [1.807, 2.05) is 48.5 Å². The molecule has 22 heavy (non-hydrogen) atoms. The van der Waals surface area contributed by atoms with Crippen LogP contribution in [0.5, 0.6) is 0 Å². The van der Waals surface area contributed by atoms with Gasteiger partial charge in [0.1, 0.15) is 0 Å². The summed E-state index contributed by atoms with van der Waals surface area (Å²) in [6, 6.07) is 22.1. The minimum Gasteiger partial charge on any atom is -0.358 e. The molecule has 0 aromatic heterocycles. The Morgan fingerprint density at radius 1 is 0.909 bits per heavy atom. The number of anilines is 1. The van der Waals surface area contributed by atoms with Gasteiger partial charge in [0.05, 0.1) is 0 Å². The van der Waals surface area contributed by atoms with Crippen molar-refractivity contribution in [2.45, 2.75) is 6.54 Å². The average molecular weight is 327 g/mol. The van der Waals surface area contributed by atoms with Gasteiger partial charge < -0.3 is 10.6 Å². The highest BCUT2D eigenvalue weighted by molar-refractivity contribution is 7.80. The highest BCUT2D eigenvalue weighted by Gasteiger charge is 2.03. The zero-order valence-corrected chi connectivity index (χ0v) is 13.4. The Labute approximate surface area is 140 Å². The third-order valence-corrected chi connectivity index (χ3v) is 4.05. The second-order valence-electron chi connectivity index (χ2n) is 4.93.